The number of imidazole rings is 1. The van der Waals surface area contributed by atoms with Crippen LogP contribution in [0, 0.1) is 5.92 Å². The van der Waals surface area contributed by atoms with Gasteiger partial charge in [-0.25, -0.2) is 15.0 Å². The molecule has 0 amide bonds. The van der Waals surface area contributed by atoms with Crippen LogP contribution in [-0.4, -0.2) is 50.4 Å². The highest BCUT2D eigenvalue weighted by atomic mass is 16.5. The van der Waals surface area contributed by atoms with Gasteiger partial charge in [0.1, 0.15) is 12.4 Å². The second kappa shape index (κ2) is 7.39. The van der Waals surface area contributed by atoms with Gasteiger partial charge in [0, 0.05) is 31.0 Å². The smallest absolute Gasteiger partial charge is 0.225 e. The molecule has 2 aliphatic rings. The molecule has 2 aliphatic heterocycles. The molecule has 5 rings (SSSR count). The molecule has 152 valence electrons. The fourth-order valence-corrected chi connectivity index (χ4v) is 4.53. The number of aromatic nitrogens is 4. The Morgan fingerprint density at radius 1 is 1.14 bits per heavy atom. The van der Waals surface area contributed by atoms with Crippen LogP contribution >= 0.6 is 0 Å². The summed E-state index contributed by atoms with van der Waals surface area (Å²) in [5.41, 5.74) is 4.24. The van der Waals surface area contributed by atoms with Gasteiger partial charge in [0.05, 0.1) is 29.8 Å². The van der Waals surface area contributed by atoms with Gasteiger partial charge in [-0.1, -0.05) is 6.07 Å². The highest BCUT2D eigenvalue weighted by molar-refractivity contribution is 5.82. The van der Waals surface area contributed by atoms with Crippen molar-refractivity contribution in [2.75, 3.05) is 24.6 Å². The lowest BCUT2D eigenvalue weighted by Crippen LogP contribution is -2.37. The number of benzene rings is 1. The molecule has 1 fully saturated rings. The van der Waals surface area contributed by atoms with Crippen LogP contribution in [0.25, 0.3) is 22.2 Å². The third kappa shape index (κ3) is 3.38. The third-order valence-electron chi connectivity index (χ3n) is 6.27. The largest absolute Gasteiger partial charge is 0.393 e. The Morgan fingerprint density at radius 2 is 1.90 bits per heavy atom. The molecule has 1 saturated heterocycles. The zero-order valence-corrected chi connectivity index (χ0v) is 17.0. The third-order valence-corrected chi connectivity index (χ3v) is 6.27. The summed E-state index contributed by atoms with van der Waals surface area (Å²) >= 11 is 0. The molecule has 3 aromatic rings. The van der Waals surface area contributed by atoms with E-state index in [0.29, 0.717) is 19.1 Å². The molecule has 7 heteroatoms. The maximum atomic E-state index is 9.78. The summed E-state index contributed by atoms with van der Waals surface area (Å²) in [5, 5.41) is 9.78. The molecule has 1 N–H and O–H groups in total. The summed E-state index contributed by atoms with van der Waals surface area (Å²) in [6, 6.07) is 6.61. The van der Waals surface area contributed by atoms with Crippen molar-refractivity contribution in [3.05, 3.63) is 36.4 Å². The number of aliphatic hydroxyl groups is 1. The quantitative estimate of drug-likeness (QED) is 0.737. The molecule has 4 heterocycles. The Bertz CT molecular complexity index is 1010. The van der Waals surface area contributed by atoms with E-state index in [0.717, 1.165) is 59.9 Å². The van der Waals surface area contributed by atoms with Gasteiger partial charge in [-0.15, -0.1) is 0 Å². The number of hydrogen-bond donors (Lipinski definition) is 1. The van der Waals surface area contributed by atoms with Crippen LogP contribution in [-0.2, 0) is 11.3 Å². The van der Waals surface area contributed by atoms with Gasteiger partial charge in [-0.2, -0.15) is 0 Å². The van der Waals surface area contributed by atoms with Crippen LogP contribution in [0.1, 0.15) is 38.6 Å². The molecule has 1 aromatic carbocycles. The first-order valence-electron chi connectivity index (χ1n) is 10.4. The van der Waals surface area contributed by atoms with E-state index in [1.54, 1.807) is 0 Å². The minimum Gasteiger partial charge on any atom is -0.393 e. The number of nitrogens with zero attached hydrogens (tertiary/aromatic N) is 5. The van der Waals surface area contributed by atoms with E-state index >= 15 is 0 Å². The van der Waals surface area contributed by atoms with Gasteiger partial charge >= 0.3 is 0 Å². The van der Waals surface area contributed by atoms with Gasteiger partial charge < -0.3 is 19.3 Å². The number of aliphatic hydroxyl groups excluding tert-OH is 1. The van der Waals surface area contributed by atoms with Crippen molar-refractivity contribution in [2.24, 2.45) is 5.92 Å². The zero-order valence-electron chi connectivity index (χ0n) is 17.0. The molecule has 29 heavy (non-hydrogen) atoms. The van der Waals surface area contributed by atoms with Crippen molar-refractivity contribution in [2.45, 2.75) is 45.4 Å². The molecule has 0 bridgehead atoms. The van der Waals surface area contributed by atoms with Crippen molar-refractivity contribution in [1.82, 2.24) is 19.5 Å². The predicted molar refractivity (Wildman–Crippen MR) is 112 cm³/mol. The molecule has 0 saturated carbocycles. The summed E-state index contributed by atoms with van der Waals surface area (Å²) in [7, 11) is 0. The minimum absolute atomic E-state index is 0.237. The molecule has 0 spiro atoms. The standard InChI is InChI=1S/C22H27N5O2/c1-14-12-29-13-21-25-19-4-3-17(9-20(19)27(14)21)18-10-23-22(24-11-18)26-7-5-16(6-8-26)15(2)28/h3-4,9-11,14-16,28H,5-8,12-13H2,1-2H3/t14-,15?/m0/s1. The van der Waals surface area contributed by atoms with Gasteiger partial charge in [0.15, 0.2) is 0 Å². The number of rotatable bonds is 3. The topological polar surface area (TPSA) is 76.3 Å². The molecule has 1 unspecified atom stereocenters. The van der Waals surface area contributed by atoms with E-state index in [4.69, 9.17) is 9.72 Å². The maximum absolute atomic E-state index is 9.78. The lowest BCUT2D eigenvalue weighted by molar-refractivity contribution is 0.0621. The van der Waals surface area contributed by atoms with E-state index in [9.17, 15) is 5.11 Å². The normalized spacial score (nSPS) is 21.3. The Hall–Kier alpha value is -2.51. The van der Waals surface area contributed by atoms with E-state index in [-0.39, 0.29) is 12.1 Å². The number of ether oxygens (including phenoxy) is 1. The number of hydrogen-bond acceptors (Lipinski definition) is 6. The van der Waals surface area contributed by atoms with Crippen molar-refractivity contribution in [3.63, 3.8) is 0 Å². The lowest BCUT2D eigenvalue weighted by atomic mass is 9.92. The van der Waals surface area contributed by atoms with Crippen molar-refractivity contribution in [1.29, 1.82) is 0 Å². The van der Waals surface area contributed by atoms with Gasteiger partial charge in [-0.3, -0.25) is 0 Å². The Kier molecular flexibility index (Phi) is 4.72. The van der Waals surface area contributed by atoms with Crippen molar-refractivity contribution >= 4 is 17.0 Å². The Balaban J connectivity index is 1.39. The number of anilines is 1. The molecular formula is C22H27N5O2. The van der Waals surface area contributed by atoms with Crippen LogP contribution in [0.3, 0.4) is 0 Å². The zero-order chi connectivity index (χ0) is 20.0. The average molecular weight is 393 g/mol. The second-order valence-corrected chi connectivity index (χ2v) is 8.30. The summed E-state index contributed by atoms with van der Waals surface area (Å²) in [6.45, 7) is 7.11. The van der Waals surface area contributed by atoms with Crippen LogP contribution in [0.15, 0.2) is 30.6 Å². The average Bonchev–Trinajstić information content (AvgIpc) is 3.13. The van der Waals surface area contributed by atoms with Crippen molar-refractivity contribution < 1.29 is 9.84 Å². The molecule has 0 aliphatic carbocycles. The highest BCUT2D eigenvalue weighted by Gasteiger charge is 2.24. The highest BCUT2D eigenvalue weighted by Crippen LogP contribution is 2.30. The van der Waals surface area contributed by atoms with Crippen molar-refractivity contribution in [3.8, 4) is 11.1 Å². The molecule has 0 radical (unpaired) electrons. The summed E-state index contributed by atoms with van der Waals surface area (Å²) in [5.74, 6) is 2.14. The van der Waals surface area contributed by atoms with Crippen LogP contribution in [0.4, 0.5) is 5.95 Å². The first kappa shape index (κ1) is 18.5. The first-order chi connectivity index (χ1) is 14.1. The maximum Gasteiger partial charge on any atom is 0.225 e. The van der Waals surface area contributed by atoms with E-state index in [2.05, 4.69) is 44.6 Å². The summed E-state index contributed by atoms with van der Waals surface area (Å²) in [4.78, 5) is 16.2. The molecule has 2 atom stereocenters. The van der Waals surface area contributed by atoms with E-state index in [1.807, 2.05) is 19.3 Å². The van der Waals surface area contributed by atoms with Gasteiger partial charge in [0.2, 0.25) is 5.95 Å². The van der Waals surface area contributed by atoms with Crippen LogP contribution in [0.5, 0.6) is 0 Å². The predicted octanol–water partition coefficient (Wildman–Crippen LogP) is 3.18. The fourth-order valence-electron chi connectivity index (χ4n) is 4.53. The van der Waals surface area contributed by atoms with Crippen LogP contribution in [0.2, 0.25) is 0 Å². The number of piperidine rings is 1. The Labute approximate surface area is 170 Å². The van der Waals surface area contributed by atoms with Gasteiger partial charge in [0.25, 0.3) is 0 Å². The summed E-state index contributed by atoms with van der Waals surface area (Å²) < 4.78 is 7.90. The second-order valence-electron chi connectivity index (χ2n) is 8.30. The molecular weight excluding hydrogens is 366 g/mol. The monoisotopic (exact) mass is 393 g/mol. The fraction of sp³-hybridized carbons (Fsp3) is 0.500. The molecule has 2 aromatic heterocycles. The first-order valence-corrected chi connectivity index (χ1v) is 10.4. The van der Waals surface area contributed by atoms with E-state index < -0.39 is 0 Å². The lowest BCUT2D eigenvalue weighted by Gasteiger charge is -2.33. The van der Waals surface area contributed by atoms with E-state index in [1.165, 1.54) is 0 Å². The Morgan fingerprint density at radius 3 is 2.62 bits per heavy atom. The number of fused-ring (bicyclic) bond motifs is 3. The minimum atomic E-state index is -0.237. The molecule has 7 nitrogen and oxygen atoms in total. The van der Waals surface area contributed by atoms with Crippen LogP contribution < -0.4 is 4.90 Å². The van der Waals surface area contributed by atoms with Gasteiger partial charge in [-0.05, 0) is 50.3 Å². The summed E-state index contributed by atoms with van der Waals surface area (Å²) in [6.07, 6.45) is 5.54. The SMILES string of the molecule is CC(O)C1CCN(c2ncc(-c3ccc4nc5n(c4c3)[C@@H](C)COC5)cn2)CC1.